The number of nitrogens with zero attached hydrogens (tertiary/aromatic N) is 3. The quantitative estimate of drug-likeness (QED) is 0.594. The Kier molecular flexibility index (Phi) is 3.20. The minimum Gasteiger partial charge on any atom is -0.492 e. The lowest BCUT2D eigenvalue weighted by Gasteiger charge is -2.07. The van der Waals surface area contributed by atoms with E-state index in [0.717, 1.165) is 5.56 Å². The molecule has 0 saturated carbocycles. The highest BCUT2D eigenvalue weighted by atomic mass is 35.5. The molecule has 2 N–H and O–H groups in total. The Hall–Kier alpha value is -2.27. The lowest BCUT2D eigenvalue weighted by molar-refractivity contribution is 0.342. The van der Waals surface area contributed by atoms with E-state index >= 15 is 0 Å². The van der Waals surface area contributed by atoms with Crippen molar-refractivity contribution in [3.05, 3.63) is 41.6 Å². The fraction of sp³-hybridized carbons (Fsp3) is 0.143. The lowest BCUT2D eigenvalue weighted by atomic mass is 10.2. The van der Waals surface area contributed by atoms with E-state index in [1.54, 1.807) is 16.6 Å². The molecule has 0 amide bonds. The summed E-state index contributed by atoms with van der Waals surface area (Å²) in [5.74, 6) is 1.24. The molecule has 0 saturated heterocycles. The highest BCUT2D eigenvalue weighted by Crippen LogP contribution is 2.27. The first-order valence-electron chi connectivity index (χ1n) is 6.23. The van der Waals surface area contributed by atoms with Crippen molar-refractivity contribution in [1.82, 2.24) is 14.6 Å². The van der Waals surface area contributed by atoms with E-state index in [-0.39, 0.29) is 0 Å². The van der Waals surface area contributed by atoms with E-state index in [1.165, 1.54) is 0 Å². The van der Waals surface area contributed by atoms with Crippen molar-refractivity contribution < 1.29 is 4.74 Å². The molecule has 0 aliphatic rings. The summed E-state index contributed by atoms with van der Waals surface area (Å²) in [6.07, 6.45) is 0. The average Bonchev–Trinajstić information content (AvgIpc) is 2.87. The van der Waals surface area contributed by atoms with Crippen molar-refractivity contribution in [2.45, 2.75) is 6.92 Å². The Morgan fingerprint density at radius 2 is 2.15 bits per heavy atom. The van der Waals surface area contributed by atoms with Crippen molar-refractivity contribution in [3.63, 3.8) is 0 Å². The molecule has 0 bridgehead atoms. The zero-order valence-electron chi connectivity index (χ0n) is 10.9. The largest absolute Gasteiger partial charge is 0.492 e. The number of anilines is 1. The first-order chi connectivity index (χ1) is 9.69. The van der Waals surface area contributed by atoms with Gasteiger partial charge in [0.25, 0.3) is 0 Å². The Balaban J connectivity index is 2.06. The molecular weight excluding hydrogens is 276 g/mol. The molecule has 0 spiro atoms. The van der Waals surface area contributed by atoms with E-state index in [9.17, 15) is 0 Å². The van der Waals surface area contributed by atoms with Crippen LogP contribution in [0.2, 0.25) is 5.15 Å². The van der Waals surface area contributed by atoms with Crippen molar-refractivity contribution in [2.75, 3.05) is 12.3 Å². The molecule has 0 atom stereocenters. The minimum absolute atomic E-state index is 0.514. The Morgan fingerprint density at radius 1 is 1.30 bits per heavy atom. The predicted molar refractivity (Wildman–Crippen MR) is 79.0 cm³/mol. The molecule has 3 aromatic rings. The summed E-state index contributed by atoms with van der Waals surface area (Å²) < 4.78 is 7.00. The topological polar surface area (TPSA) is 65.4 Å². The van der Waals surface area contributed by atoms with E-state index in [4.69, 9.17) is 22.1 Å². The Bertz CT molecular complexity index is 769. The molecule has 0 unspecified atom stereocenters. The number of pyridine rings is 1. The normalized spacial score (nSPS) is 10.9. The molecule has 3 rings (SSSR count). The number of nitrogens with two attached hydrogens (primary N) is 1. The van der Waals surface area contributed by atoms with Crippen LogP contribution in [0.15, 0.2) is 36.4 Å². The monoisotopic (exact) mass is 288 g/mol. The third-order valence-corrected chi connectivity index (χ3v) is 3.17. The highest BCUT2D eigenvalue weighted by molar-refractivity contribution is 6.29. The summed E-state index contributed by atoms with van der Waals surface area (Å²) in [5, 5.41) is 4.89. The van der Waals surface area contributed by atoms with Gasteiger partial charge in [0.15, 0.2) is 11.5 Å². The number of fused-ring (bicyclic) bond motifs is 1. The van der Waals surface area contributed by atoms with Gasteiger partial charge in [0.1, 0.15) is 10.9 Å². The van der Waals surface area contributed by atoms with Gasteiger partial charge in [-0.3, -0.25) is 0 Å². The van der Waals surface area contributed by atoms with E-state index in [2.05, 4.69) is 10.1 Å². The summed E-state index contributed by atoms with van der Waals surface area (Å²) in [5.41, 5.74) is 8.04. The van der Waals surface area contributed by atoms with Crippen LogP contribution in [-0.4, -0.2) is 21.2 Å². The minimum atomic E-state index is 0.514. The number of hydrogen-bond donors (Lipinski definition) is 1. The maximum Gasteiger partial charge on any atom is 0.182 e. The van der Waals surface area contributed by atoms with Crippen LogP contribution < -0.4 is 10.5 Å². The zero-order chi connectivity index (χ0) is 14.1. The van der Waals surface area contributed by atoms with Gasteiger partial charge in [-0.2, -0.15) is 0 Å². The van der Waals surface area contributed by atoms with Crippen LogP contribution in [0, 0.1) is 0 Å². The average molecular weight is 289 g/mol. The smallest absolute Gasteiger partial charge is 0.182 e. The third kappa shape index (κ3) is 2.16. The molecule has 20 heavy (non-hydrogen) atoms. The number of rotatable bonds is 3. The van der Waals surface area contributed by atoms with Crippen molar-refractivity contribution in [2.24, 2.45) is 0 Å². The van der Waals surface area contributed by atoms with Gasteiger partial charge >= 0.3 is 0 Å². The fourth-order valence-corrected chi connectivity index (χ4v) is 2.17. The highest BCUT2D eigenvalue weighted by Gasteiger charge is 2.10. The van der Waals surface area contributed by atoms with E-state index < -0.39 is 0 Å². The van der Waals surface area contributed by atoms with Gasteiger partial charge in [-0.25, -0.2) is 9.50 Å². The molecule has 1 aromatic carbocycles. The standard InChI is InChI=1S/C14H13ClN4O/c1-2-20-11-7-6-9(8-10(11)16)14-17-13-5-3-4-12(15)19(13)18-14/h3-8H,2,16H2,1H3. The molecule has 0 aliphatic heterocycles. The number of aromatic nitrogens is 3. The molecule has 0 aliphatic carbocycles. The number of ether oxygens (including phenoxy) is 1. The second-order valence-corrected chi connectivity index (χ2v) is 4.63. The van der Waals surface area contributed by atoms with E-state index in [0.29, 0.717) is 34.7 Å². The number of nitrogen functional groups attached to an aromatic ring is 1. The summed E-state index contributed by atoms with van der Waals surface area (Å²) in [4.78, 5) is 4.43. The molecule has 0 radical (unpaired) electrons. The molecule has 2 aromatic heterocycles. The van der Waals surface area contributed by atoms with Gasteiger partial charge in [-0.05, 0) is 37.3 Å². The molecule has 0 fully saturated rings. The lowest BCUT2D eigenvalue weighted by Crippen LogP contribution is -1.97. The molecule has 102 valence electrons. The summed E-state index contributed by atoms with van der Waals surface area (Å²) in [7, 11) is 0. The van der Waals surface area contributed by atoms with Crippen molar-refractivity contribution >= 4 is 22.9 Å². The second-order valence-electron chi connectivity index (χ2n) is 4.24. The number of hydrogen-bond acceptors (Lipinski definition) is 4. The van der Waals surface area contributed by atoms with Crippen LogP contribution in [0.4, 0.5) is 5.69 Å². The molecule has 5 nitrogen and oxygen atoms in total. The maximum absolute atomic E-state index is 6.07. The summed E-state index contributed by atoms with van der Waals surface area (Å²) in [6, 6.07) is 10.9. The number of benzene rings is 1. The van der Waals surface area contributed by atoms with Gasteiger partial charge in [-0.15, -0.1) is 5.10 Å². The van der Waals surface area contributed by atoms with E-state index in [1.807, 2.05) is 31.2 Å². The maximum atomic E-state index is 6.07. The predicted octanol–water partition coefficient (Wildman–Crippen LogP) is 3.03. The summed E-state index contributed by atoms with van der Waals surface area (Å²) >= 11 is 6.07. The van der Waals surface area contributed by atoms with Gasteiger partial charge in [-0.1, -0.05) is 17.7 Å². The fourth-order valence-electron chi connectivity index (χ4n) is 1.97. The zero-order valence-corrected chi connectivity index (χ0v) is 11.6. The van der Waals surface area contributed by atoms with Crippen LogP contribution in [0.1, 0.15) is 6.92 Å². The van der Waals surface area contributed by atoms with Crippen molar-refractivity contribution in [1.29, 1.82) is 0 Å². The van der Waals surface area contributed by atoms with Crippen LogP contribution >= 0.6 is 11.6 Å². The van der Waals surface area contributed by atoms with Crippen LogP contribution in [0.5, 0.6) is 5.75 Å². The molecular formula is C14H13ClN4O. The Labute approximate surface area is 121 Å². The number of halogens is 1. The molecule has 2 heterocycles. The van der Waals surface area contributed by atoms with Crippen LogP contribution in [0.3, 0.4) is 0 Å². The van der Waals surface area contributed by atoms with Crippen LogP contribution in [-0.2, 0) is 0 Å². The molecule has 6 heteroatoms. The van der Waals surface area contributed by atoms with Gasteiger partial charge < -0.3 is 10.5 Å². The third-order valence-electron chi connectivity index (χ3n) is 2.88. The van der Waals surface area contributed by atoms with Gasteiger partial charge in [0, 0.05) is 5.56 Å². The SMILES string of the molecule is CCOc1ccc(-c2nc3cccc(Cl)n3n2)cc1N. The summed E-state index contributed by atoms with van der Waals surface area (Å²) in [6.45, 7) is 2.49. The van der Waals surface area contributed by atoms with Crippen LogP contribution in [0.25, 0.3) is 17.0 Å². The Morgan fingerprint density at radius 3 is 2.85 bits per heavy atom. The van der Waals surface area contributed by atoms with Gasteiger partial charge in [0.2, 0.25) is 0 Å². The first kappa shape index (κ1) is 12.7. The van der Waals surface area contributed by atoms with Crippen molar-refractivity contribution in [3.8, 4) is 17.1 Å². The first-order valence-corrected chi connectivity index (χ1v) is 6.61. The van der Waals surface area contributed by atoms with Gasteiger partial charge in [0.05, 0.1) is 12.3 Å². The second kappa shape index (κ2) is 5.02.